The summed E-state index contributed by atoms with van der Waals surface area (Å²) < 4.78 is 5.56. The molecule has 1 aromatic carbocycles. The lowest BCUT2D eigenvalue weighted by molar-refractivity contribution is -0.137. The molecule has 1 fully saturated rings. The molecule has 3 amide bonds. The van der Waals surface area contributed by atoms with Gasteiger partial charge in [0, 0.05) is 27.2 Å². The van der Waals surface area contributed by atoms with Gasteiger partial charge >= 0.3 is 0 Å². The first-order valence-electron chi connectivity index (χ1n) is 8.91. The molecule has 0 radical (unpaired) electrons. The molecule has 1 saturated heterocycles. The van der Waals surface area contributed by atoms with Crippen LogP contribution in [0.25, 0.3) is 0 Å². The maximum atomic E-state index is 12.4. The predicted molar refractivity (Wildman–Crippen MR) is 97.6 cm³/mol. The lowest BCUT2D eigenvalue weighted by Gasteiger charge is -2.32. The molecule has 142 valence electrons. The quantitative estimate of drug-likeness (QED) is 0.783. The van der Waals surface area contributed by atoms with Crippen molar-refractivity contribution in [2.45, 2.75) is 19.3 Å². The fourth-order valence-corrected chi connectivity index (χ4v) is 2.81. The molecule has 7 nitrogen and oxygen atoms in total. The fraction of sp³-hybridized carbons (Fsp3) is 0.526. The van der Waals surface area contributed by atoms with E-state index in [1.54, 1.807) is 19.0 Å². The van der Waals surface area contributed by atoms with E-state index in [9.17, 15) is 14.4 Å². The summed E-state index contributed by atoms with van der Waals surface area (Å²) in [5, 5.41) is 2.66. The van der Waals surface area contributed by atoms with Crippen molar-refractivity contribution in [3.05, 3.63) is 30.3 Å². The third kappa shape index (κ3) is 6.06. The van der Waals surface area contributed by atoms with Crippen molar-refractivity contribution in [3.63, 3.8) is 0 Å². The van der Waals surface area contributed by atoms with Gasteiger partial charge in [0.25, 0.3) is 0 Å². The normalized spacial score (nSPS) is 16.7. The number of carbonyl (C=O) groups excluding carboxylic acids is 3. The molecule has 0 aromatic heterocycles. The minimum atomic E-state index is -0.266. The molecule has 26 heavy (non-hydrogen) atoms. The van der Waals surface area contributed by atoms with Crippen molar-refractivity contribution in [2.24, 2.45) is 5.92 Å². The number of hydrogen-bond acceptors (Lipinski definition) is 4. The van der Waals surface area contributed by atoms with E-state index in [0.717, 1.165) is 18.6 Å². The van der Waals surface area contributed by atoms with Gasteiger partial charge in [-0.2, -0.15) is 0 Å². The van der Waals surface area contributed by atoms with Gasteiger partial charge in [0.2, 0.25) is 17.7 Å². The highest BCUT2D eigenvalue weighted by Crippen LogP contribution is 2.17. The second-order valence-electron chi connectivity index (χ2n) is 6.60. The summed E-state index contributed by atoms with van der Waals surface area (Å²) >= 11 is 0. The average Bonchev–Trinajstić information content (AvgIpc) is 2.66. The summed E-state index contributed by atoms with van der Waals surface area (Å²) in [6, 6.07) is 9.36. The first-order valence-corrected chi connectivity index (χ1v) is 8.91. The molecule has 0 saturated carbocycles. The number of hydrogen-bond donors (Lipinski definition) is 1. The molecule has 1 atom stereocenters. The minimum Gasteiger partial charge on any atom is -0.493 e. The number of benzene rings is 1. The molecule has 1 N–H and O–H groups in total. The number of carbonyl (C=O) groups is 3. The Labute approximate surface area is 154 Å². The highest BCUT2D eigenvalue weighted by molar-refractivity contribution is 5.86. The molecular weight excluding hydrogens is 334 g/mol. The topological polar surface area (TPSA) is 79.0 Å². The first-order chi connectivity index (χ1) is 12.5. The van der Waals surface area contributed by atoms with Gasteiger partial charge in [-0.3, -0.25) is 14.4 Å². The Morgan fingerprint density at radius 3 is 2.65 bits per heavy atom. The van der Waals surface area contributed by atoms with Crippen LogP contribution in [-0.2, 0) is 14.4 Å². The summed E-state index contributed by atoms with van der Waals surface area (Å²) in [7, 11) is 3.29. The van der Waals surface area contributed by atoms with Crippen molar-refractivity contribution >= 4 is 17.7 Å². The molecule has 0 spiro atoms. The van der Waals surface area contributed by atoms with Crippen molar-refractivity contribution < 1.29 is 19.1 Å². The highest BCUT2D eigenvalue weighted by atomic mass is 16.5. The Hall–Kier alpha value is -2.57. The number of piperidine rings is 1. The number of amides is 3. The number of nitrogens with one attached hydrogen (secondary N) is 1. The number of para-hydroxylation sites is 1. The van der Waals surface area contributed by atoms with Crippen LogP contribution in [0.3, 0.4) is 0 Å². The van der Waals surface area contributed by atoms with E-state index in [2.05, 4.69) is 5.32 Å². The van der Waals surface area contributed by atoms with Crippen molar-refractivity contribution in [1.82, 2.24) is 15.1 Å². The molecular formula is C19H27N3O4. The van der Waals surface area contributed by atoms with E-state index >= 15 is 0 Å². The zero-order chi connectivity index (χ0) is 18.9. The summed E-state index contributed by atoms with van der Waals surface area (Å²) in [4.78, 5) is 39.3. The Balaban J connectivity index is 1.74. The van der Waals surface area contributed by atoms with Crippen LogP contribution in [0.15, 0.2) is 30.3 Å². The summed E-state index contributed by atoms with van der Waals surface area (Å²) in [6.45, 7) is 1.35. The summed E-state index contributed by atoms with van der Waals surface area (Å²) in [5.74, 6) is 0.139. The third-order valence-electron chi connectivity index (χ3n) is 4.39. The largest absolute Gasteiger partial charge is 0.493 e. The van der Waals surface area contributed by atoms with Crippen LogP contribution in [0.5, 0.6) is 5.75 Å². The van der Waals surface area contributed by atoms with E-state index in [0.29, 0.717) is 19.7 Å². The molecule has 0 bridgehead atoms. The summed E-state index contributed by atoms with van der Waals surface area (Å²) in [5.41, 5.74) is 0. The molecule has 1 heterocycles. The van der Waals surface area contributed by atoms with Gasteiger partial charge in [0.05, 0.1) is 25.5 Å². The average molecular weight is 361 g/mol. The second kappa shape index (κ2) is 9.79. The lowest BCUT2D eigenvalue weighted by atomic mass is 9.97. The van der Waals surface area contributed by atoms with Crippen LogP contribution in [0.1, 0.15) is 19.3 Å². The standard InChI is InChI=1S/C19H27N3O4/c1-21(2)18(24)13-20-19(25)15-7-6-11-22(14-15)17(23)10-12-26-16-8-4-3-5-9-16/h3-5,8-9,15H,6-7,10-14H2,1-2H3,(H,20,25). The first kappa shape index (κ1) is 19.8. The maximum Gasteiger partial charge on any atom is 0.241 e. The fourth-order valence-electron chi connectivity index (χ4n) is 2.81. The van der Waals surface area contributed by atoms with Gasteiger partial charge in [0.1, 0.15) is 5.75 Å². The predicted octanol–water partition coefficient (Wildman–Crippen LogP) is 0.899. The number of likely N-dealkylation sites (N-methyl/N-ethyl adjacent to an activating group) is 1. The van der Waals surface area contributed by atoms with Crippen LogP contribution in [0, 0.1) is 5.92 Å². The van der Waals surface area contributed by atoms with Crippen molar-refractivity contribution in [3.8, 4) is 5.75 Å². The van der Waals surface area contributed by atoms with E-state index in [-0.39, 0.29) is 36.6 Å². The molecule has 2 rings (SSSR count). The zero-order valence-corrected chi connectivity index (χ0v) is 15.4. The Bertz CT molecular complexity index is 618. The van der Waals surface area contributed by atoms with Crippen LogP contribution in [-0.4, -0.2) is 67.9 Å². The van der Waals surface area contributed by atoms with E-state index < -0.39 is 0 Å². The smallest absolute Gasteiger partial charge is 0.241 e. The third-order valence-corrected chi connectivity index (χ3v) is 4.39. The van der Waals surface area contributed by atoms with Gasteiger partial charge in [-0.05, 0) is 25.0 Å². The maximum absolute atomic E-state index is 12.4. The minimum absolute atomic E-state index is 0.0113. The monoisotopic (exact) mass is 361 g/mol. The Morgan fingerprint density at radius 1 is 1.23 bits per heavy atom. The second-order valence-corrected chi connectivity index (χ2v) is 6.60. The van der Waals surface area contributed by atoms with E-state index in [1.807, 2.05) is 30.3 Å². The molecule has 0 aliphatic carbocycles. The van der Waals surface area contributed by atoms with Gasteiger partial charge in [-0.1, -0.05) is 18.2 Å². The Kier molecular flexibility index (Phi) is 7.44. The SMILES string of the molecule is CN(C)C(=O)CNC(=O)C1CCCN(C(=O)CCOc2ccccc2)C1. The molecule has 1 aliphatic rings. The number of nitrogens with zero attached hydrogens (tertiary/aromatic N) is 2. The number of ether oxygens (including phenoxy) is 1. The van der Waals surface area contributed by atoms with Gasteiger partial charge in [0.15, 0.2) is 0 Å². The van der Waals surface area contributed by atoms with Crippen molar-refractivity contribution in [2.75, 3.05) is 40.3 Å². The van der Waals surface area contributed by atoms with Gasteiger partial charge in [-0.25, -0.2) is 0 Å². The number of rotatable bonds is 7. The van der Waals surface area contributed by atoms with E-state index in [1.165, 1.54) is 4.90 Å². The molecule has 1 aliphatic heterocycles. The zero-order valence-electron chi connectivity index (χ0n) is 15.4. The van der Waals surface area contributed by atoms with Crippen molar-refractivity contribution in [1.29, 1.82) is 0 Å². The number of likely N-dealkylation sites (tertiary alicyclic amines) is 1. The van der Waals surface area contributed by atoms with E-state index in [4.69, 9.17) is 4.74 Å². The van der Waals surface area contributed by atoms with Crippen LogP contribution in [0.4, 0.5) is 0 Å². The summed E-state index contributed by atoms with van der Waals surface area (Å²) in [6.07, 6.45) is 1.79. The van der Waals surface area contributed by atoms with Crippen LogP contribution < -0.4 is 10.1 Å². The molecule has 1 unspecified atom stereocenters. The lowest BCUT2D eigenvalue weighted by Crippen LogP contribution is -2.47. The van der Waals surface area contributed by atoms with Crippen LogP contribution >= 0.6 is 0 Å². The molecule has 1 aromatic rings. The van der Waals surface area contributed by atoms with Gasteiger partial charge < -0.3 is 19.9 Å². The van der Waals surface area contributed by atoms with Crippen LogP contribution in [0.2, 0.25) is 0 Å². The highest BCUT2D eigenvalue weighted by Gasteiger charge is 2.28. The van der Waals surface area contributed by atoms with Gasteiger partial charge in [-0.15, -0.1) is 0 Å². The Morgan fingerprint density at radius 2 is 1.96 bits per heavy atom. The molecule has 7 heteroatoms.